The second kappa shape index (κ2) is 5.66. The van der Waals surface area contributed by atoms with Crippen LogP contribution in [-0.4, -0.2) is 28.3 Å². The van der Waals surface area contributed by atoms with Crippen molar-refractivity contribution in [2.45, 2.75) is 19.4 Å². The standard InChI is InChI=1S/C17H17ClN4O/c1-10-16(22-23-17(10,2)3)11-5-6-13(18)12(7-11)14-8-21-15(19-4)9-20-14/h5-9H,1H2,2-4H3,(H,19,21). The Kier molecular flexibility index (Phi) is 3.82. The summed E-state index contributed by atoms with van der Waals surface area (Å²) in [7, 11) is 1.79. The summed E-state index contributed by atoms with van der Waals surface area (Å²) in [6.07, 6.45) is 3.35. The fourth-order valence-corrected chi connectivity index (χ4v) is 2.46. The first-order valence-electron chi connectivity index (χ1n) is 7.18. The molecule has 1 aromatic carbocycles. The Hall–Kier alpha value is -2.40. The molecule has 1 aliphatic heterocycles. The third-order valence-electron chi connectivity index (χ3n) is 3.80. The van der Waals surface area contributed by atoms with Gasteiger partial charge >= 0.3 is 0 Å². The fraction of sp³-hybridized carbons (Fsp3) is 0.235. The number of nitrogens with one attached hydrogen (secondary N) is 1. The molecule has 0 radical (unpaired) electrons. The molecule has 1 aromatic heterocycles. The molecule has 2 heterocycles. The Morgan fingerprint density at radius 1 is 1.22 bits per heavy atom. The zero-order valence-corrected chi connectivity index (χ0v) is 14.0. The van der Waals surface area contributed by atoms with E-state index in [1.807, 2.05) is 32.0 Å². The van der Waals surface area contributed by atoms with Crippen LogP contribution < -0.4 is 5.32 Å². The third kappa shape index (κ3) is 2.80. The highest BCUT2D eigenvalue weighted by Gasteiger charge is 2.34. The molecule has 0 unspecified atom stereocenters. The number of oxime groups is 1. The van der Waals surface area contributed by atoms with E-state index in [0.29, 0.717) is 16.5 Å². The van der Waals surface area contributed by atoms with Crippen LogP contribution in [0, 0.1) is 0 Å². The number of anilines is 1. The van der Waals surface area contributed by atoms with Gasteiger partial charge in [0.2, 0.25) is 0 Å². The molecular formula is C17H17ClN4O. The molecule has 0 aliphatic carbocycles. The predicted octanol–water partition coefficient (Wildman–Crippen LogP) is 3.91. The minimum Gasteiger partial charge on any atom is -0.384 e. The van der Waals surface area contributed by atoms with E-state index in [-0.39, 0.29) is 0 Å². The molecule has 2 aromatic rings. The second-order valence-electron chi connectivity index (χ2n) is 5.75. The highest BCUT2D eigenvalue weighted by atomic mass is 35.5. The molecule has 1 N–H and O–H groups in total. The molecule has 23 heavy (non-hydrogen) atoms. The second-order valence-corrected chi connectivity index (χ2v) is 6.16. The summed E-state index contributed by atoms with van der Waals surface area (Å²) in [6.45, 7) is 7.96. The van der Waals surface area contributed by atoms with Crippen molar-refractivity contribution in [2.75, 3.05) is 12.4 Å². The third-order valence-corrected chi connectivity index (χ3v) is 4.13. The molecule has 0 bridgehead atoms. The summed E-state index contributed by atoms with van der Waals surface area (Å²) in [5.41, 5.74) is 3.44. The van der Waals surface area contributed by atoms with Crippen molar-refractivity contribution >= 4 is 23.1 Å². The topological polar surface area (TPSA) is 59.4 Å². The van der Waals surface area contributed by atoms with Gasteiger partial charge in [0.15, 0.2) is 5.60 Å². The number of halogens is 1. The first-order chi connectivity index (χ1) is 10.9. The molecule has 0 saturated carbocycles. The van der Waals surface area contributed by atoms with E-state index in [1.54, 1.807) is 19.4 Å². The van der Waals surface area contributed by atoms with E-state index in [2.05, 4.69) is 27.0 Å². The van der Waals surface area contributed by atoms with Gasteiger partial charge in [-0.1, -0.05) is 29.4 Å². The first-order valence-corrected chi connectivity index (χ1v) is 7.56. The number of rotatable bonds is 3. The maximum Gasteiger partial charge on any atom is 0.158 e. The van der Waals surface area contributed by atoms with Crippen LogP contribution in [0.25, 0.3) is 11.3 Å². The van der Waals surface area contributed by atoms with Gasteiger partial charge in [-0.25, -0.2) is 4.98 Å². The monoisotopic (exact) mass is 328 g/mol. The smallest absolute Gasteiger partial charge is 0.158 e. The molecule has 0 spiro atoms. The first kappa shape index (κ1) is 15.5. The predicted molar refractivity (Wildman–Crippen MR) is 92.9 cm³/mol. The number of hydrogen-bond acceptors (Lipinski definition) is 5. The Morgan fingerprint density at radius 2 is 2.00 bits per heavy atom. The number of benzene rings is 1. The highest BCUT2D eigenvalue weighted by Crippen LogP contribution is 2.33. The van der Waals surface area contributed by atoms with E-state index in [9.17, 15) is 0 Å². The van der Waals surface area contributed by atoms with Crippen molar-refractivity contribution < 1.29 is 4.84 Å². The fourth-order valence-electron chi connectivity index (χ4n) is 2.25. The maximum atomic E-state index is 6.33. The molecular weight excluding hydrogens is 312 g/mol. The van der Waals surface area contributed by atoms with Crippen LogP contribution in [0.3, 0.4) is 0 Å². The van der Waals surface area contributed by atoms with Gasteiger partial charge in [0.1, 0.15) is 11.5 Å². The van der Waals surface area contributed by atoms with Crippen molar-refractivity contribution in [3.05, 3.63) is 53.3 Å². The SMILES string of the molecule is C=C1C(c2ccc(Cl)c(-c3cnc(NC)cn3)c2)=NOC1(C)C. The molecule has 0 atom stereocenters. The average Bonchev–Trinajstić information content (AvgIpc) is 2.82. The van der Waals surface area contributed by atoms with Crippen LogP contribution in [0.1, 0.15) is 19.4 Å². The summed E-state index contributed by atoms with van der Waals surface area (Å²) in [4.78, 5) is 14.1. The van der Waals surface area contributed by atoms with E-state index < -0.39 is 5.60 Å². The van der Waals surface area contributed by atoms with Crippen LogP contribution in [0.4, 0.5) is 5.82 Å². The van der Waals surface area contributed by atoms with Crippen LogP contribution in [0.15, 0.2) is 47.9 Å². The minimum absolute atomic E-state index is 0.497. The molecule has 118 valence electrons. The average molecular weight is 329 g/mol. The Labute approximate surface area is 140 Å². The molecule has 1 aliphatic rings. The Balaban J connectivity index is 2.01. The van der Waals surface area contributed by atoms with E-state index >= 15 is 0 Å². The van der Waals surface area contributed by atoms with Gasteiger partial charge in [-0.3, -0.25) is 4.98 Å². The number of nitrogens with zero attached hydrogens (tertiary/aromatic N) is 3. The zero-order chi connectivity index (χ0) is 16.6. The van der Waals surface area contributed by atoms with Crippen molar-refractivity contribution in [2.24, 2.45) is 5.16 Å². The molecule has 5 nitrogen and oxygen atoms in total. The van der Waals surface area contributed by atoms with Crippen LogP contribution in [0.2, 0.25) is 5.02 Å². The van der Waals surface area contributed by atoms with Gasteiger partial charge in [-0.2, -0.15) is 0 Å². The van der Waals surface area contributed by atoms with E-state index in [0.717, 1.165) is 22.4 Å². The van der Waals surface area contributed by atoms with Gasteiger partial charge in [0, 0.05) is 23.7 Å². The summed E-state index contributed by atoms with van der Waals surface area (Å²) in [5.74, 6) is 0.699. The highest BCUT2D eigenvalue weighted by molar-refractivity contribution is 6.33. The van der Waals surface area contributed by atoms with E-state index in [4.69, 9.17) is 16.4 Å². The quantitative estimate of drug-likeness (QED) is 0.928. The molecule has 0 saturated heterocycles. The van der Waals surface area contributed by atoms with Crippen LogP contribution in [0.5, 0.6) is 0 Å². The van der Waals surface area contributed by atoms with Crippen molar-refractivity contribution in [1.82, 2.24) is 9.97 Å². The number of hydrogen-bond donors (Lipinski definition) is 1. The summed E-state index contributed by atoms with van der Waals surface area (Å²) in [5, 5.41) is 7.70. The van der Waals surface area contributed by atoms with Crippen LogP contribution >= 0.6 is 11.6 Å². The van der Waals surface area contributed by atoms with E-state index in [1.165, 1.54) is 0 Å². The lowest BCUT2D eigenvalue weighted by atomic mass is 9.91. The van der Waals surface area contributed by atoms with Gasteiger partial charge in [0.05, 0.1) is 23.1 Å². The minimum atomic E-state index is -0.497. The Bertz CT molecular complexity index is 797. The zero-order valence-electron chi connectivity index (χ0n) is 13.2. The lowest BCUT2D eigenvalue weighted by Crippen LogP contribution is -2.22. The summed E-state index contributed by atoms with van der Waals surface area (Å²) in [6, 6.07) is 5.65. The van der Waals surface area contributed by atoms with Gasteiger partial charge in [-0.15, -0.1) is 0 Å². The number of aromatic nitrogens is 2. The van der Waals surface area contributed by atoms with Gasteiger partial charge < -0.3 is 10.2 Å². The lowest BCUT2D eigenvalue weighted by molar-refractivity contribution is 0.0352. The largest absolute Gasteiger partial charge is 0.384 e. The van der Waals surface area contributed by atoms with Crippen molar-refractivity contribution in [3.63, 3.8) is 0 Å². The lowest BCUT2D eigenvalue weighted by Gasteiger charge is -2.16. The summed E-state index contributed by atoms with van der Waals surface area (Å²) < 4.78 is 0. The summed E-state index contributed by atoms with van der Waals surface area (Å²) >= 11 is 6.33. The maximum absolute atomic E-state index is 6.33. The van der Waals surface area contributed by atoms with Crippen LogP contribution in [-0.2, 0) is 4.84 Å². The molecule has 6 heteroatoms. The molecule has 3 rings (SSSR count). The van der Waals surface area contributed by atoms with Gasteiger partial charge in [0.25, 0.3) is 0 Å². The van der Waals surface area contributed by atoms with Gasteiger partial charge in [-0.05, 0) is 26.0 Å². The Morgan fingerprint density at radius 3 is 2.57 bits per heavy atom. The molecule has 0 amide bonds. The van der Waals surface area contributed by atoms with Crippen molar-refractivity contribution in [1.29, 1.82) is 0 Å². The van der Waals surface area contributed by atoms with Crippen molar-refractivity contribution in [3.8, 4) is 11.3 Å². The normalized spacial score (nSPS) is 16.0. The molecule has 0 fully saturated rings.